The minimum absolute atomic E-state index is 0.0287. The number of rotatable bonds is 5. The molecule has 1 aromatic rings. The summed E-state index contributed by atoms with van der Waals surface area (Å²) in [5, 5.41) is 12.4. The van der Waals surface area contributed by atoms with Gasteiger partial charge < -0.3 is 19.1 Å². The zero-order chi connectivity index (χ0) is 12.5. The van der Waals surface area contributed by atoms with Crippen molar-refractivity contribution >= 4 is 5.97 Å². The highest BCUT2D eigenvalue weighted by atomic mass is 16.5. The van der Waals surface area contributed by atoms with Crippen LogP contribution in [-0.4, -0.2) is 40.0 Å². The number of carbonyl (C=O) groups is 1. The molecule has 2 bridgehead atoms. The van der Waals surface area contributed by atoms with Gasteiger partial charge in [-0.25, -0.2) is 4.79 Å². The Morgan fingerprint density at radius 3 is 3.06 bits per heavy atom. The van der Waals surface area contributed by atoms with Crippen LogP contribution in [0.1, 0.15) is 36.9 Å². The number of carboxylic acids is 1. The molecule has 3 rings (SSSR count). The fourth-order valence-electron chi connectivity index (χ4n) is 2.61. The number of fused-ring (bicyclic) bond motifs is 2. The van der Waals surface area contributed by atoms with Crippen molar-refractivity contribution in [3.8, 4) is 0 Å². The van der Waals surface area contributed by atoms with Gasteiger partial charge in [0.2, 0.25) is 0 Å². The van der Waals surface area contributed by atoms with E-state index >= 15 is 0 Å². The number of hydrogen-bond acceptors (Lipinski definition) is 6. The average molecular weight is 254 g/mol. The number of ether oxygens (including phenoxy) is 2. The molecule has 7 heteroatoms. The van der Waals surface area contributed by atoms with Gasteiger partial charge in [0, 0.05) is 0 Å². The quantitative estimate of drug-likeness (QED) is 0.826. The van der Waals surface area contributed by atoms with E-state index in [1.165, 1.54) is 0 Å². The molecular weight excluding hydrogens is 240 g/mol. The molecule has 2 fully saturated rings. The fourth-order valence-corrected chi connectivity index (χ4v) is 2.61. The second kappa shape index (κ2) is 4.66. The van der Waals surface area contributed by atoms with E-state index in [9.17, 15) is 4.79 Å². The number of hydrogen-bond donors (Lipinski definition) is 1. The lowest BCUT2D eigenvalue weighted by Gasteiger charge is -2.13. The van der Waals surface area contributed by atoms with Gasteiger partial charge in [0.25, 0.3) is 5.89 Å². The van der Waals surface area contributed by atoms with Crippen LogP contribution >= 0.6 is 0 Å². The van der Waals surface area contributed by atoms with E-state index in [1.807, 2.05) is 0 Å². The molecule has 0 saturated carbocycles. The minimum Gasteiger partial charge on any atom is -0.480 e. The maximum absolute atomic E-state index is 10.3. The van der Waals surface area contributed by atoms with Crippen LogP contribution < -0.4 is 0 Å². The highest BCUT2D eigenvalue weighted by Crippen LogP contribution is 2.43. The van der Waals surface area contributed by atoms with Crippen LogP contribution in [0.5, 0.6) is 0 Å². The van der Waals surface area contributed by atoms with E-state index in [1.54, 1.807) is 0 Å². The lowest BCUT2D eigenvalue weighted by Crippen LogP contribution is -2.15. The van der Waals surface area contributed by atoms with Crippen LogP contribution in [0.25, 0.3) is 0 Å². The summed E-state index contributed by atoms with van der Waals surface area (Å²) >= 11 is 0. The van der Waals surface area contributed by atoms with Gasteiger partial charge in [-0.05, 0) is 19.3 Å². The van der Waals surface area contributed by atoms with Gasteiger partial charge in [-0.3, -0.25) is 0 Å². The van der Waals surface area contributed by atoms with E-state index in [4.69, 9.17) is 19.1 Å². The third kappa shape index (κ3) is 2.23. The topological polar surface area (TPSA) is 94.7 Å². The molecular formula is C11H14N2O5. The summed E-state index contributed by atoms with van der Waals surface area (Å²) in [6.45, 7) is -0.337. The molecule has 0 aromatic carbocycles. The highest BCUT2D eigenvalue weighted by Gasteiger charge is 2.43. The van der Waals surface area contributed by atoms with E-state index in [2.05, 4.69) is 10.1 Å². The zero-order valence-corrected chi connectivity index (χ0v) is 9.74. The Balaban J connectivity index is 1.58. The van der Waals surface area contributed by atoms with Crippen molar-refractivity contribution in [2.75, 3.05) is 6.61 Å². The summed E-state index contributed by atoms with van der Waals surface area (Å²) in [7, 11) is 0. The van der Waals surface area contributed by atoms with Crippen molar-refractivity contribution in [1.29, 1.82) is 0 Å². The molecule has 2 saturated heterocycles. The van der Waals surface area contributed by atoms with Crippen molar-refractivity contribution < 1.29 is 23.9 Å². The molecule has 98 valence electrons. The average Bonchev–Trinajstić information content (AvgIpc) is 3.03. The molecule has 3 atom stereocenters. The van der Waals surface area contributed by atoms with Crippen molar-refractivity contribution in [1.82, 2.24) is 10.1 Å². The van der Waals surface area contributed by atoms with Crippen molar-refractivity contribution in [2.24, 2.45) is 0 Å². The molecule has 2 aliphatic heterocycles. The molecule has 3 unspecified atom stereocenters. The lowest BCUT2D eigenvalue weighted by molar-refractivity contribution is -0.142. The number of nitrogens with zero attached hydrogens (tertiary/aromatic N) is 2. The Kier molecular flexibility index (Phi) is 3.00. The van der Waals surface area contributed by atoms with Crippen molar-refractivity contribution in [3.05, 3.63) is 11.7 Å². The third-order valence-electron chi connectivity index (χ3n) is 3.37. The Hall–Kier alpha value is -1.47. The molecule has 18 heavy (non-hydrogen) atoms. The van der Waals surface area contributed by atoms with Crippen LogP contribution in [0.3, 0.4) is 0 Å². The molecule has 0 aliphatic carbocycles. The van der Waals surface area contributed by atoms with E-state index in [0.29, 0.717) is 17.8 Å². The third-order valence-corrected chi connectivity index (χ3v) is 3.37. The summed E-state index contributed by atoms with van der Waals surface area (Å²) in [4.78, 5) is 14.5. The molecule has 3 heterocycles. The molecule has 0 radical (unpaired) electrons. The summed E-state index contributed by atoms with van der Waals surface area (Å²) in [6.07, 6.45) is 3.66. The van der Waals surface area contributed by atoms with Gasteiger partial charge in [-0.15, -0.1) is 0 Å². The molecule has 7 nitrogen and oxygen atoms in total. The SMILES string of the molecule is O=C(O)COCc1nc(C2CC3CCC2O3)no1. The first-order valence-electron chi connectivity index (χ1n) is 6.00. The van der Waals surface area contributed by atoms with E-state index < -0.39 is 5.97 Å². The first kappa shape index (κ1) is 11.6. The molecule has 0 spiro atoms. The van der Waals surface area contributed by atoms with Gasteiger partial charge in [-0.1, -0.05) is 5.16 Å². The Morgan fingerprint density at radius 2 is 2.39 bits per heavy atom. The monoisotopic (exact) mass is 254 g/mol. The predicted molar refractivity (Wildman–Crippen MR) is 56.8 cm³/mol. The van der Waals surface area contributed by atoms with Gasteiger partial charge in [0.05, 0.1) is 18.1 Å². The summed E-state index contributed by atoms with van der Waals surface area (Å²) < 4.78 is 15.7. The Labute approximate surface area is 103 Å². The predicted octanol–water partition coefficient (Wildman–Crippen LogP) is 0.706. The second-order valence-electron chi connectivity index (χ2n) is 4.65. The largest absolute Gasteiger partial charge is 0.480 e. The zero-order valence-electron chi connectivity index (χ0n) is 9.74. The van der Waals surface area contributed by atoms with Crippen LogP contribution in [0.15, 0.2) is 4.52 Å². The lowest BCUT2D eigenvalue weighted by atomic mass is 9.89. The Bertz CT molecular complexity index is 446. The standard InChI is InChI=1S/C11H14N2O5/c14-10(15)5-16-4-9-12-11(13-18-9)7-3-6-1-2-8(7)17-6/h6-8H,1-5H2,(H,14,15). The van der Waals surface area contributed by atoms with Crippen LogP contribution in [-0.2, 0) is 20.9 Å². The van der Waals surface area contributed by atoms with Gasteiger partial charge >= 0.3 is 5.97 Å². The summed E-state index contributed by atoms with van der Waals surface area (Å²) in [5.74, 6) is 0.155. The van der Waals surface area contributed by atoms with Crippen molar-refractivity contribution in [3.63, 3.8) is 0 Å². The maximum atomic E-state index is 10.3. The number of aromatic nitrogens is 2. The van der Waals surface area contributed by atoms with Crippen molar-refractivity contribution in [2.45, 2.75) is 44.0 Å². The first-order valence-corrected chi connectivity index (χ1v) is 6.00. The smallest absolute Gasteiger partial charge is 0.329 e. The highest BCUT2D eigenvalue weighted by molar-refractivity contribution is 5.67. The van der Waals surface area contributed by atoms with Crippen LogP contribution in [0.2, 0.25) is 0 Å². The molecule has 0 amide bonds. The van der Waals surface area contributed by atoms with E-state index in [-0.39, 0.29) is 25.2 Å². The van der Waals surface area contributed by atoms with Crippen LogP contribution in [0, 0.1) is 0 Å². The summed E-state index contributed by atoms with van der Waals surface area (Å²) in [6, 6.07) is 0. The molecule has 1 aromatic heterocycles. The number of carboxylic acid groups (broad SMARTS) is 1. The first-order chi connectivity index (χ1) is 8.72. The van der Waals surface area contributed by atoms with Gasteiger partial charge in [0.1, 0.15) is 13.2 Å². The Morgan fingerprint density at radius 1 is 1.50 bits per heavy atom. The minimum atomic E-state index is -1.02. The maximum Gasteiger partial charge on any atom is 0.329 e. The van der Waals surface area contributed by atoms with Crippen LogP contribution in [0.4, 0.5) is 0 Å². The van der Waals surface area contributed by atoms with E-state index in [0.717, 1.165) is 19.3 Å². The normalized spacial score (nSPS) is 29.9. The molecule has 1 N–H and O–H groups in total. The van der Waals surface area contributed by atoms with Gasteiger partial charge in [-0.2, -0.15) is 4.98 Å². The second-order valence-corrected chi connectivity index (χ2v) is 4.65. The molecule has 2 aliphatic rings. The fraction of sp³-hybridized carbons (Fsp3) is 0.727. The van der Waals surface area contributed by atoms with Gasteiger partial charge in [0.15, 0.2) is 5.82 Å². The number of aliphatic carboxylic acids is 1. The summed E-state index contributed by atoms with van der Waals surface area (Å²) in [5.41, 5.74) is 0.